The number of nitrogens with zero attached hydrogens (tertiary/aromatic N) is 2. The molecule has 22 heavy (non-hydrogen) atoms. The number of unbranched alkanes of at least 4 members (excludes halogenated alkanes) is 1. The molecule has 1 aliphatic heterocycles. The molecule has 1 heterocycles. The monoisotopic (exact) mass is 303 g/mol. The van der Waals surface area contributed by atoms with Gasteiger partial charge in [0.05, 0.1) is 5.69 Å². The number of carbonyl (C=O) groups excluding carboxylic acids is 4. The molecule has 1 aromatic carbocycles. The van der Waals surface area contributed by atoms with Gasteiger partial charge in [-0.1, -0.05) is 13.3 Å². The smallest absolute Gasteiger partial charge is 0.326 e. The van der Waals surface area contributed by atoms with Crippen LogP contribution in [0.3, 0.4) is 0 Å². The van der Waals surface area contributed by atoms with Crippen molar-refractivity contribution in [1.29, 1.82) is 0 Å². The molecule has 0 atom stereocenters. The second kappa shape index (κ2) is 6.38. The van der Waals surface area contributed by atoms with Gasteiger partial charge in [0.25, 0.3) is 0 Å². The third-order valence-corrected chi connectivity index (χ3v) is 3.23. The summed E-state index contributed by atoms with van der Waals surface area (Å²) in [7, 11) is 0. The number of hydrogen-bond acceptors (Lipinski definition) is 4. The van der Waals surface area contributed by atoms with Crippen LogP contribution in [-0.4, -0.2) is 35.2 Å². The average Bonchev–Trinajstić information content (AvgIpc) is 2.68. The Balaban J connectivity index is 2.21. The molecule has 0 bridgehead atoms. The normalized spacial score (nSPS) is 14.7. The van der Waals surface area contributed by atoms with Crippen LogP contribution in [0.25, 0.3) is 0 Å². The Labute approximate surface area is 127 Å². The third-order valence-electron chi connectivity index (χ3n) is 3.23. The summed E-state index contributed by atoms with van der Waals surface area (Å²) in [6, 6.07) is 5.53. The molecular formula is C15H17N3O4. The molecule has 0 unspecified atom stereocenters. The van der Waals surface area contributed by atoms with Crippen molar-refractivity contribution < 1.29 is 19.2 Å². The maximum atomic E-state index is 12.2. The van der Waals surface area contributed by atoms with Crippen LogP contribution in [-0.2, 0) is 14.4 Å². The van der Waals surface area contributed by atoms with Crippen molar-refractivity contribution in [3.63, 3.8) is 0 Å². The highest BCUT2D eigenvalue weighted by Gasteiger charge is 2.44. The SMILES string of the molecule is CCCCN1C(=O)C(=O)N(c2ccc(NC(C)=O)cc2)C1=O. The standard InChI is InChI=1S/C15H17N3O4/c1-3-4-9-17-13(20)14(21)18(15(17)22)12-7-5-11(6-8-12)16-10(2)19/h5-8H,3-4,9H2,1-2H3,(H,16,19). The van der Waals surface area contributed by atoms with Crippen molar-refractivity contribution in [2.75, 3.05) is 16.8 Å². The van der Waals surface area contributed by atoms with E-state index in [1.807, 2.05) is 6.92 Å². The zero-order valence-corrected chi connectivity index (χ0v) is 12.5. The van der Waals surface area contributed by atoms with E-state index in [1.165, 1.54) is 19.1 Å². The number of rotatable bonds is 5. The fourth-order valence-electron chi connectivity index (χ4n) is 2.14. The Bertz CT molecular complexity index is 624. The lowest BCUT2D eigenvalue weighted by Gasteiger charge is -2.15. The van der Waals surface area contributed by atoms with Crippen LogP contribution in [0.15, 0.2) is 24.3 Å². The summed E-state index contributed by atoms with van der Waals surface area (Å²) in [5.74, 6) is -1.88. The van der Waals surface area contributed by atoms with Gasteiger partial charge in [-0.3, -0.25) is 19.3 Å². The maximum absolute atomic E-state index is 12.2. The van der Waals surface area contributed by atoms with E-state index in [9.17, 15) is 19.2 Å². The Hall–Kier alpha value is -2.70. The molecule has 0 saturated carbocycles. The molecule has 0 aromatic heterocycles. The van der Waals surface area contributed by atoms with E-state index >= 15 is 0 Å². The van der Waals surface area contributed by atoms with Crippen molar-refractivity contribution >= 4 is 35.1 Å². The van der Waals surface area contributed by atoms with Crippen molar-refractivity contribution in [3.05, 3.63) is 24.3 Å². The quantitative estimate of drug-likeness (QED) is 0.663. The zero-order chi connectivity index (χ0) is 16.3. The molecule has 2 rings (SSSR count). The number of amides is 5. The first-order chi connectivity index (χ1) is 10.5. The highest BCUT2D eigenvalue weighted by atomic mass is 16.2. The molecule has 1 fully saturated rings. The minimum absolute atomic E-state index is 0.220. The molecule has 0 radical (unpaired) electrons. The van der Waals surface area contributed by atoms with E-state index in [2.05, 4.69) is 5.32 Å². The molecule has 1 N–H and O–H groups in total. The summed E-state index contributed by atoms with van der Waals surface area (Å²) in [5.41, 5.74) is 0.848. The summed E-state index contributed by atoms with van der Waals surface area (Å²) in [5, 5.41) is 2.59. The van der Waals surface area contributed by atoms with Gasteiger partial charge in [0.15, 0.2) is 0 Å². The van der Waals surface area contributed by atoms with Gasteiger partial charge in [0, 0.05) is 19.2 Å². The van der Waals surface area contributed by atoms with E-state index in [4.69, 9.17) is 0 Å². The molecule has 1 aliphatic rings. The van der Waals surface area contributed by atoms with Crippen LogP contribution < -0.4 is 10.2 Å². The minimum atomic E-state index is -0.853. The number of urea groups is 1. The van der Waals surface area contributed by atoms with Gasteiger partial charge in [-0.05, 0) is 30.7 Å². The van der Waals surface area contributed by atoms with Crippen LogP contribution in [0, 0.1) is 0 Å². The van der Waals surface area contributed by atoms with Crippen LogP contribution >= 0.6 is 0 Å². The first-order valence-corrected chi connectivity index (χ1v) is 7.03. The van der Waals surface area contributed by atoms with Gasteiger partial charge < -0.3 is 5.32 Å². The Morgan fingerprint density at radius 2 is 1.73 bits per heavy atom. The maximum Gasteiger partial charge on any atom is 0.338 e. The highest BCUT2D eigenvalue weighted by Crippen LogP contribution is 2.24. The number of nitrogens with one attached hydrogen (secondary N) is 1. The van der Waals surface area contributed by atoms with Crippen LogP contribution in [0.1, 0.15) is 26.7 Å². The molecule has 1 saturated heterocycles. The molecule has 0 spiro atoms. The summed E-state index contributed by atoms with van der Waals surface area (Å²) in [6.07, 6.45) is 1.47. The molecule has 5 amide bonds. The molecular weight excluding hydrogens is 286 g/mol. The van der Waals surface area contributed by atoms with E-state index < -0.39 is 17.8 Å². The summed E-state index contributed by atoms with van der Waals surface area (Å²) < 4.78 is 0. The summed E-state index contributed by atoms with van der Waals surface area (Å²) >= 11 is 0. The summed E-state index contributed by atoms with van der Waals surface area (Å²) in [6.45, 7) is 3.55. The van der Waals surface area contributed by atoms with E-state index in [0.29, 0.717) is 17.8 Å². The predicted molar refractivity (Wildman–Crippen MR) is 80.2 cm³/mol. The van der Waals surface area contributed by atoms with E-state index in [1.54, 1.807) is 12.1 Å². The second-order valence-corrected chi connectivity index (χ2v) is 4.96. The number of anilines is 2. The zero-order valence-electron chi connectivity index (χ0n) is 12.5. The molecule has 116 valence electrons. The second-order valence-electron chi connectivity index (χ2n) is 4.96. The first-order valence-electron chi connectivity index (χ1n) is 7.03. The van der Waals surface area contributed by atoms with E-state index in [-0.39, 0.29) is 12.5 Å². The first kappa shape index (κ1) is 15.7. The van der Waals surface area contributed by atoms with Crippen molar-refractivity contribution in [3.8, 4) is 0 Å². The van der Waals surface area contributed by atoms with Crippen LogP contribution in [0.5, 0.6) is 0 Å². The topological polar surface area (TPSA) is 86.8 Å². The largest absolute Gasteiger partial charge is 0.338 e. The van der Waals surface area contributed by atoms with Gasteiger partial charge in [0.2, 0.25) is 5.91 Å². The Morgan fingerprint density at radius 1 is 1.09 bits per heavy atom. The van der Waals surface area contributed by atoms with Gasteiger partial charge in [-0.2, -0.15) is 0 Å². The molecule has 0 aliphatic carbocycles. The van der Waals surface area contributed by atoms with Gasteiger partial charge >= 0.3 is 17.8 Å². The number of benzene rings is 1. The van der Waals surface area contributed by atoms with Crippen LogP contribution in [0.2, 0.25) is 0 Å². The fourth-order valence-corrected chi connectivity index (χ4v) is 2.14. The number of carbonyl (C=O) groups is 4. The third kappa shape index (κ3) is 2.98. The Kier molecular flexibility index (Phi) is 4.55. The van der Waals surface area contributed by atoms with Gasteiger partial charge in [-0.15, -0.1) is 0 Å². The lowest BCUT2D eigenvalue weighted by molar-refractivity contribution is -0.139. The number of imide groups is 2. The van der Waals surface area contributed by atoms with Crippen molar-refractivity contribution in [1.82, 2.24) is 4.90 Å². The molecule has 7 nitrogen and oxygen atoms in total. The lowest BCUT2D eigenvalue weighted by Crippen LogP contribution is -2.34. The van der Waals surface area contributed by atoms with Crippen LogP contribution in [0.4, 0.5) is 16.2 Å². The van der Waals surface area contributed by atoms with Gasteiger partial charge in [0.1, 0.15) is 0 Å². The number of hydrogen-bond donors (Lipinski definition) is 1. The van der Waals surface area contributed by atoms with E-state index in [0.717, 1.165) is 16.2 Å². The van der Waals surface area contributed by atoms with Crippen molar-refractivity contribution in [2.45, 2.75) is 26.7 Å². The molecule has 1 aromatic rings. The highest BCUT2D eigenvalue weighted by molar-refractivity contribution is 6.52. The Morgan fingerprint density at radius 3 is 2.27 bits per heavy atom. The minimum Gasteiger partial charge on any atom is -0.326 e. The fraction of sp³-hybridized carbons (Fsp3) is 0.333. The predicted octanol–water partition coefficient (Wildman–Crippen LogP) is 1.74. The molecule has 7 heteroatoms. The summed E-state index contributed by atoms with van der Waals surface area (Å²) in [4.78, 5) is 48.9. The van der Waals surface area contributed by atoms with Crippen molar-refractivity contribution in [2.24, 2.45) is 0 Å². The lowest BCUT2D eigenvalue weighted by atomic mass is 10.2. The average molecular weight is 303 g/mol. The van der Waals surface area contributed by atoms with Gasteiger partial charge in [-0.25, -0.2) is 9.69 Å².